The maximum atomic E-state index is 13.5. The van der Waals surface area contributed by atoms with Crippen molar-refractivity contribution in [2.45, 2.75) is 452 Å². The fraction of sp³-hybridized carbons (Fsp3) is 0.852. The van der Waals surface area contributed by atoms with Gasteiger partial charge in [-0.3, -0.25) is 4.79 Å². The van der Waals surface area contributed by atoms with E-state index in [4.69, 9.17) is 28.4 Å². The number of ether oxygens (including phenoxy) is 6. The summed E-state index contributed by atoms with van der Waals surface area (Å²) in [5, 5.41) is 121. The van der Waals surface area contributed by atoms with Crippen LogP contribution in [-0.4, -0.2) is 193 Å². The first-order chi connectivity index (χ1) is 52.3. The first-order valence-corrected chi connectivity index (χ1v) is 43.7. The van der Waals surface area contributed by atoms with E-state index in [-0.39, 0.29) is 18.9 Å². The van der Waals surface area contributed by atoms with Gasteiger partial charge in [0.2, 0.25) is 5.91 Å². The predicted molar refractivity (Wildman–Crippen MR) is 429 cm³/mol. The molecule has 12 N–H and O–H groups in total. The highest BCUT2D eigenvalue weighted by Crippen LogP contribution is 2.34. The molecule has 3 aliphatic rings. The first kappa shape index (κ1) is 98.4. The number of hydrogen-bond donors (Lipinski definition) is 12. The zero-order valence-corrected chi connectivity index (χ0v) is 67.1. The summed E-state index contributed by atoms with van der Waals surface area (Å²) in [6.45, 7) is 1.74. The third kappa shape index (κ3) is 46.9. The van der Waals surface area contributed by atoms with Crippen molar-refractivity contribution in [3.63, 3.8) is 0 Å². The van der Waals surface area contributed by atoms with Gasteiger partial charge in [0.05, 0.1) is 38.6 Å². The number of amides is 1. The summed E-state index contributed by atoms with van der Waals surface area (Å²) in [7, 11) is 0. The normalized spacial score (nSPS) is 25.9. The number of hydrogen-bond acceptors (Lipinski definition) is 18. The minimum atomic E-state index is -1.97. The van der Waals surface area contributed by atoms with E-state index in [1.807, 2.05) is 0 Å². The Labute approximate surface area is 648 Å². The summed E-state index contributed by atoms with van der Waals surface area (Å²) in [5.41, 5.74) is 0. The van der Waals surface area contributed by atoms with Crippen LogP contribution in [0.1, 0.15) is 348 Å². The van der Waals surface area contributed by atoms with Crippen LogP contribution in [0.2, 0.25) is 0 Å². The molecule has 0 aliphatic carbocycles. The van der Waals surface area contributed by atoms with E-state index in [1.54, 1.807) is 0 Å². The summed E-state index contributed by atoms with van der Waals surface area (Å²) in [4.78, 5) is 13.5. The van der Waals surface area contributed by atoms with E-state index in [2.05, 4.69) is 92.1 Å². The first-order valence-electron chi connectivity index (χ1n) is 43.7. The molecule has 0 bridgehead atoms. The second-order valence-electron chi connectivity index (χ2n) is 31.0. The Balaban J connectivity index is 1.33. The Hall–Kier alpha value is -2.77. The molecule has 0 saturated carbocycles. The van der Waals surface area contributed by atoms with E-state index in [1.165, 1.54) is 231 Å². The molecule has 17 atom stereocenters. The van der Waals surface area contributed by atoms with Gasteiger partial charge < -0.3 is 89.9 Å². The quantitative estimate of drug-likeness (QED) is 0.0199. The predicted octanol–water partition coefficient (Wildman–Crippen LogP) is 16.0. The van der Waals surface area contributed by atoms with E-state index in [9.17, 15) is 61.0 Å². The Morgan fingerprint density at radius 3 is 1.01 bits per heavy atom. The number of carbonyl (C=O) groups excluding carboxylic acids is 1. The molecule has 3 aliphatic heterocycles. The molecule has 3 fully saturated rings. The van der Waals surface area contributed by atoms with Crippen LogP contribution in [0.25, 0.3) is 0 Å². The van der Waals surface area contributed by atoms with Crippen molar-refractivity contribution in [1.29, 1.82) is 0 Å². The molecule has 0 spiro atoms. The molecular formula is C88H159NO18. The van der Waals surface area contributed by atoms with Crippen LogP contribution in [0.3, 0.4) is 0 Å². The maximum Gasteiger partial charge on any atom is 0.220 e. The minimum Gasteiger partial charge on any atom is -0.394 e. The van der Waals surface area contributed by atoms with Gasteiger partial charge in [-0.2, -0.15) is 0 Å². The molecule has 1 amide bonds. The van der Waals surface area contributed by atoms with Crippen LogP contribution < -0.4 is 5.32 Å². The lowest BCUT2D eigenvalue weighted by molar-refractivity contribution is -0.379. The van der Waals surface area contributed by atoms with Crippen LogP contribution in [0.5, 0.6) is 0 Å². The molecule has 0 aromatic rings. The van der Waals surface area contributed by atoms with Crippen LogP contribution in [0.4, 0.5) is 0 Å². The number of allylic oxidation sites excluding steroid dienone is 12. The Morgan fingerprint density at radius 2 is 0.645 bits per heavy atom. The highest BCUT2D eigenvalue weighted by atomic mass is 16.8. The molecule has 624 valence electrons. The van der Waals surface area contributed by atoms with Gasteiger partial charge in [0, 0.05) is 6.42 Å². The highest BCUT2D eigenvalue weighted by molar-refractivity contribution is 5.76. The highest BCUT2D eigenvalue weighted by Gasteiger charge is 2.54. The molecule has 3 saturated heterocycles. The van der Waals surface area contributed by atoms with Gasteiger partial charge >= 0.3 is 0 Å². The summed E-state index contributed by atoms with van der Waals surface area (Å²) in [6.07, 6.45) is 62.8. The van der Waals surface area contributed by atoms with Crippen molar-refractivity contribution in [2.75, 3.05) is 26.4 Å². The lowest BCUT2D eigenvalue weighted by atomic mass is 9.96. The molecule has 0 aromatic heterocycles. The third-order valence-electron chi connectivity index (χ3n) is 21.5. The third-order valence-corrected chi connectivity index (χ3v) is 21.5. The fourth-order valence-corrected chi connectivity index (χ4v) is 14.6. The minimum absolute atomic E-state index is 0.239. The lowest BCUT2D eigenvalue weighted by Crippen LogP contribution is -2.66. The van der Waals surface area contributed by atoms with E-state index >= 15 is 0 Å². The van der Waals surface area contributed by atoms with Crippen LogP contribution in [0.15, 0.2) is 72.9 Å². The summed E-state index contributed by atoms with van der Waals surface area (Å²) in [5.74, 6) is -0.239. The van der Waals surface area contributed by atoms with Crippen LogP contribution in [-0.2, 0) is 33.2 Å². The van der Waals surface area contributed by atoms with Gasteiger partial charge in [-0.1, -0.05) is 350 Å². The van der Waals surface area contributed by atoms with Gasteiger partial charge in [-0.25, -0.2) is 0 Å². The lowest BCUT2D eigenvalue weighted by Gasteiger charge is -2.48. The van der Waals surface area contributed by atoms with Crippen LogP contribution >= 0.6 is 0 Å². The van der Waals surface area contributed by atoms with Crippen molar-refractivity contribution in [2.24, 2.45) is 0 Å². The summed E-state index contributed by atoms with van der Waals surface area (Å²) >= 11 is 0. The summed E-state index contributed by atoms with van der Waals surface area (Å²) in [6, 6.07) is -0.892. The van der Waals surface area contributed by atoms with Crippen molar-refractivity contribution in [3.8, 4) is 0 Å². The van der Waals surface area contributed by atoms with Crippen molar-refractivity contribution < 1.29 is 89.4 Å². The fourth-order valence-electron chi connectivity index (χ4n) is 14.6. The Bertz CT molecular complexity index is 2210. The molecular weight excluding hydrogens is 1360 g/mol. The van der Waals surface area contributed by atoms with Crippen molar-refractivity contribution >= 4 is 5.91 Å². The number of aliphatic hydroxyl groups excluding tert-OH is 11. The molecule has 17 unspecified atom stereocenters. The van der Waals surface area contributed by atoms with Gasteiger partial charge in [-0.05, 0) is 64.2 Å². The molecule has 0 aromatic carbocycles. The summed E-state index contributed by atoms with van der Waals surface area (Å²) < 4.78 is 34.6. The monoisotopic (exact) mass is 1520 g/mol. The average molecular weight is 1520 g/mol. The molecule has 0 radical (unpaired) electrons. The van der Waals surface area contributed by atoms with E-state index in [0.717, 1.165) is 83.5 Å². The second-order valence-corrected chi connectivity index (χ2v) is 31.0. The number of nitrogens with one attached hydrogen (secondary N) is 1. The number of unbranched alkanes of at least 4 members (excludes halogenated alkanes) is 42. The zero-order valence-electron chi connectivity index (χ0n) is 67.1. The van der Waals surface area contributed by atoms with Crippen LogP contribution in [0, 0.1) is 0 Å². The second kappa shape index (κ2) is 67.7. The SMILES string of the molecule is CC/C=C\C/C=C\C/C=C\C/C=C\C/C=C\C/C=C\CCCCCCCCCCCCCCCCCCC(=O)NC(COC1OC(CO)C(OC2OC(CO)C(OC3OC(CO)C(O)C(O)C3O)C(O)C2O)C(O)C1O)C(O)CCCCCCCCCCCCCCCCCCCCCCCCCCCCC. The van der Waals surface area contributed by atoms with E-state index < -0.39 is 124 Å². The van der Waals surface area contributed by atoms with Gasteiger partial charge in [0.15, 0.2) is 18.9 Å². The topological polar surface area (TPSA) is 307 Å². The molecule has 19 nitrogen and oxygen atoms in total. The molecule has 3 rings (SSSR count). The number of aliphatic hydroxyl groups is 11. The molecule has 107 heavy (non-hydrogen) atoms. The standard InChI is InChI=1S/C88H159NO18/c1-3-5-7-9-11-13-15-17-19-21-23-25-27-29-31-32-33-34-35-36-37-38-40-42-44-46-48-50-52-54-56-58-60-62-64-66-76(94)89-71(72(93)65-63-61-59-57-55-53-51-49-47-45-43-41-39-30-28-26-24-22-20-18-16-14-12-10-8-6-4-2)70-102-86-82(100)79(97)84(74(68-91)104-86)107-88-83(101)80(98)85(75(69-92)105-88)106-87-81(99)78(96)77(95)73(67-90)103-87/h5,7,11,13,17,19,23,25,29,31,33-34,71-75,77-88,90-93,95-101H,3-4,6,8-10,12,14-16,18,20-22,24,26-28,30,32,35-70H2,1-2H3,(H,89,94)/b7-5-,13-11-,19-17-,25-23-,31-29-,34-33-. The van der Waals surface area contributed by atoms with Gasteiger partial charge in [0.1, 0.15) is 73.2 Å². The van der Waals surface area contributed by atoms with E-state index in [0.29, 0.717) is 12.8 Å². The zero-order chi connectivity index (χ0) is 77.4. The number of rotatable bonds is 70. The largest absolute Gasteiger partial charge is 0.394 e. The van der Waals surface area contributed by atoms with Crippen molar-refractivity contribution in [3.05, 3.63) is 72.9 Å². The van der Waals surface area contributed by atoms with Gasteiger partial charge in [-0.15, -0.1) is 0 Å². The smallest absolute Gasteiger partial charge is 0.220 e. The van der Waals surface area contributed by atoms with Crippen molar-refractivity contribution in [1.82, 2.24) is 5.32 Å². The molecule has 3 heterocycles. The Kier molecular flexibility index (Phi) is 62.3. The van der Waals surface area contributed by atoms with Gasteiger partial charge in [0.25, 0.3) is 0 Å². The average Bonchev–Trinajstić information content (AvgIpc) is 0.781. The molecule has 19 heteroatoms. The maximum absolute atomic E-state index is 13.5. The Morgan fingerprint density at radius 1 is 0.346 bits per heavy atom. The number of carbonyl (C=O) groups is 1.